The molecule has 0 saturated carbocycles. The van der Waals surface area contributed by atoms with Gasteiger partial charge >= 0.3 is 0 Å². The van der Waals surface area contributed by atoms with E-state index in [0.29, 0.717) is 54.7 Å². The summed E-state index contributed by atoms with van der Waals surface area (Å²) in [5, 5.41) is 20.4. The zero-order valence-corrected chi connectivity index (χ0v) is 20.0. The Morgan fingerprint density at radius 3 is 2.76 bits per heavy atom. The molecule has 0 spiro atoms. The second kappa shape index (κ2) is 10.2. The molecule has 0 amide bonds. The largest absolute Gasteiger partial charge is 0.490 e. The number of nitrogens with one attached hydrogen (secondary N) is 1. The van der Waals surface area contributed by atoms with Crippen LogP contribution >= 0.6 is 0 Å². The highest BCUT2D eigenvalue weighted by atomic mass is 19.1. The fourth-order valence-electron chi connectivity index (χ4n) is 4.11. The van der Waals surface area contributed by atoms with Crippen LogP contribution in [0.2, 0.25) is 0 Å². The van der Waals surface area contributed by atoms with E-state index >= 15 is 0 Å². The zero-order chi connectivity index (χ0) is 25.9. The molecule has 0 atom stereocenters. The van der Waals surface area contributed by atoms with Gasteiger partial charge in [0, 0.05) is 47.5 Å². The summed E-state index contributed by atoms with van der Waals surface area (Å²) >= 11 is 0. The van der Waals surface area contributed by atoms with Gasteiger partial charge in [0.2, 0.25) is 0 Å². The second-order valence-electron chi connectivity index (χ2n) is 8.47. The van der Waals surface area contributed by atoms with Crippen molar-refractivity contribution in [3.63, 3.8) is 0 Å². The van der Waals surface area contributed by atoms with Crippen molar-refractivity contribution in [2.75, 3.05) is 11.9 Å². The number of aromatic nitrogens is 7. The molecule has 1 aliphatic heterocycles. The number of benzene rings is 1. The highest BCUT2D eigenvalue weighted by molar-refractivity contribution is 5.85. The first kappa shape index (κ1) is 23.4. The van der Waals surface area contributed by atoms with Gasteiger partial charge in [0.15, 0.2) is 11.5 Å². The maximum Gasteiger partial charge on any atom is 0.178 e. The predicted molar refractivity (Wildman–Crippen MR) is 136 cm³/mol. The van der Waals surface area contributed by atoms with E-state index in [-0.39, 0.29) is 0 Å². The molecule has 0 radical (unpaired) electrons. The van der Waals surface area contributed by atoms with Gasteiger partial charge in [-0.3, -0.25) is 14.7 Å². The normalized spacial score (nSPS) is 12.7. The number of allylic oxidation sites excluding steroid dienone is 1. The maximum atomic E-state index is 13.7. The zero-order valence-electron chi connectivity index (χ0n) is 20.0. The van der Waals surface area contributed by atoms with E-state index in [2.05, 4.69) is 35.7 Å². The number of hydrogen-bond acceptors (Lipinski definition) is 8. The van der Waals surface area contributed by atoms with Crippen LogP contribution in [0.25, 0.3) is 23.0 Å². The van der Waals surface area contributed by atoms with Crippen molar-refractivity contribution in [1.29, 1.82) is 0 Å². The summed E-state index contributed by atoms with van der Waals surface area (Å²) in [7, 11) is 0. The van der Waals surface area contributed by atoms with Crippen LogP contribution in [0.3, 0.4) is 0 Å². The van der Waals surface area contributed by atoms with Gasteiger partial charge in [-0.25, -0.2) is 8.78 Å². The average molecular weight is 514 g/mol. The molecule has 190 valence electrons. The van der Waals surface area contributed by atoms with E-state index in [4.69, 9.17) is 4.74 Å². The fraction of sp³-hybridized carbons (Fsp3) is 0.154. The Labute approximate surface area is 215 Å². The molecule has 12 heteroatoms. The third-order valence-corrected chi connectivity index (χ3v) is 5.91. The lowest BCUT2D eigenvalue weighted by atomic mass is 10.1. The van der Waals surface area contributed by atoms with E-state index in [0.717, 1.165) is 23.0 Å². The molecule has 1 aliphatic rings. The van der Waals surface area contributed by atoms with Crippen LogP contribution < -0.4 is 5.32 Å². The summed E-state index contributed by atoms with van der Waals surface area (Å²) in [6, 6.07) is 10.4. The van der Waals surface area contributed by atoms with Crippen LogP contribution in [0.1, 0.15) is 17.1 Å². The first-order valence-electron chi connectivity index (χ1n) is 11.8. The molecule has 0 bridgehead atoms. The molecular formula is C26H21F2N9O. The van der Waals surface area contributed by atoms with Gasteiger partial charge in [-0.05, 0) is 36.4 Å². The van der Waals surface area contributed by atoms with Gasteiger partial charge in [-0.1, -0.05) is 0 Å². The monoisotopic (exact) mass is 513 g/mol. The van der Waals surface area contributed by atoms with Crippen molar-refractivity contribution in [3.8, 4) is 11.3 Å². The SMILES string of the molecule is Fc1cc(F)cc(-c2ccc3nnc(CNc4ccnc5c4CN=CC(OCCn4cccn4)=C5)n3n2)c1. The second-order valence-corrected chi connectivity index (χ2v) is 8.47. The van der Waals surface area contributed by atoms with E-state index in [1.807, 2.05) is 24.4 Å². The van der Waals surface area contributed by atoms with Crippen molar-refractivity contribution in [1.82, 2.24) is 34.6 Å². The summed E-state index contributed by atoms with van der Waals surface area (Å²) in [6.07, 6.45) is 8.87. The van der Waals surface area contributed by atoms with Gasteiger partial charge in [-0.15, -0.1) is 10.2 Å². The maximum absolute atomic E-state index is 13.7. The van der Waals surface area contributed by atoms with Crippen LogP contribution in [0.15, 0.2) is 71.8 Å². The van der Waals surface area contributed by atoms with Crippen LogP contribution in [0.4, 0.5) is 14.5 Å². The van der Waals surface area contributed by atoms with E-state index < -0.39 is 11.6 Å². The van der Waals surface area contributed by atoms with E-state index in [9.17, 15) is 8.78 Å². The Morgan fingerprint density at radius 2 is 1.92 bits per heavy atom. The Hall–Kier alpha value is -5.00. The first-order valence-corrected chi connectivity index (χ1v) is 11.8. The van der Waals surface area contributed by atoms with Crippen LogP contribution in [0, 0.1) is 11.6 Å². The molecule has 4 aromatic heterocycles. The summed E-state index contributed by atoms with van der Waals surface area (Å²) in [5.41, 5.74) is 3.73. The number of rotatable bonds is 8. The van der Waals surface area contributed by atoms with Gasteiger partial charge in [0.05, 0.1) is 37.2 Å². The summed E-state index contributed by atoms with van der Waals surface area (Å²) in [5.74, 6) is -0.197. The number of nitrogens with zero attached hydrogens (tertiary/aromatic N) is 8. The number of aliphatic imine (C=N–C) groups is 1. The molecule has 38 heavy (non-hydrogen) atoms. The minimum Gasteiger partial charge on any atom is -0.490 e. The van der Waals surface area contributed by atoms with E-state index in [1.165, 1.54) is 12.1 Å². The Bertz CT molecular complexity index is 1640. The lowest BCUT2D eigenvalue weighted by Gasteiger charge is -2.12. The van der Waals surface area contributed by atoms with Crippen molar-refractivity contribution in [2.45, 2.75) is 19.6 Å². The third-order valence-electron chi connectivity index (χ3n) is 5.91. The van der Waals surface area contributed by atoms with Crippen LogP contribution in [0.5, 0.6) is 0 Å². The Balaban J connectivity index is 1.20. The van der Waals surface area contributed by atoms with Crippen LogP contribution in [-0.2, 0) is 24.4 Å². The number of fused-ring (bicyclic) bond motifs is 2. The molecule has 5 aromatic rings. The number of halogens is 2. The van der Waals surface area contributed by atoms with Crippen molar-refractivity contribution in [3.05, 3.63) is 95.5 Å². The lowest BCUT2D eigenvalue weighted by Crippen LogP contribution is -2.09. The molecule has 1 aromatic carbocycles. The fourth-order valence-corrected chi connectivity index (χ4v) is 4.11. The molecule has 5 heterocycles. The van der Waals surface area contributed by atoms with Crippen molar-refractivity contribution < 1.29 is 13.5 Å². The van der Waals surface area contributed by atoms with Gasteiger partial charge < -0.3 is 10.1 Å². The minimum absolute atomic E-state index is 0.298. The molecule has 6 rings (SSSR count). The third kappa shape index (κ3) is 4.96. The van der Waals surface area contributed by atoms with Crippen molar-refractivity contribution in [2.24, 2.45) is 4.99 Å². The number of ether oxygens (including phenoxy) is 1. The van der Waals surface area contributed by atoms with E-state index in [1.54, 1.807) is 39.9 Å². The first-order chi connectivity index (χ1) is 18.6. The highest BCUT2D eigenvalue weighted by Crippen LogP contribution is 2.25. The quantitative estimate of drug-likeness (QED) is 0.335. The summed E-state index contributed by atoms with van der Waals surface area (Å²) in [4.78, 5) is 9.00. The van der Waals surface area contributed by atoms with Gasteiger partial charge in [0.25, 0.3) is 0 Å². The Kier molecular flexibility index (Phi) is 6.26. The molecule has 0 fully saturated rings. The van der Waals surface area contributed by atoms with Gasteiger partial charge in [-0.2, -0.15) is 14.7 Å². The Morgan fingerprint density at radius 1 is 1.03 bits per heavy atom. The molecule has 0 aliphatic carbocycles. The highest BCUT2D eigenvalue weighted by Gasteiger charge is 2.15. The van der Waals surface area contributed by atoms with Crippen molar-refractivity contribution >= 4 is 23.6 Å². The standard InChI is InChI=1S/C26H21F2N9O/c27-18-10-17(11-19(28)12-18)22-2-3-25-33-34-26(37(25)35-22)16-31-23-4-6-30-24-13-20(14-29-15-21(23)24)38-9-8-36-7-1-5-32-36/h1-7,10-14H,8-9,15-16H2,(H,30,31). The molecule has 0 unspecified atom stereocenters. The predicted octanol–water partition coefficient (Wildman–Crippen LogP) is 3.92. The molecule has 0 saturated heterocycles. The molecule has 10 nitrogen and oxygen atoms in total. The number of anilines is 1. The minimum atomic E-state index is -0.672. The van der Waals surface area contributed by atoms with Gasteiger partial charge in [0.1, 0.15) is 24.0 Å². The van der Waals surface area contributed by atoms with Crippen LogP contribution in [-0.4, -0.2) is 47.4 Å². The number of hydrogen-bond donors (Lipinski definition) is 1. The molecular weight excluding hydrogens is 492 g/mol. The average Bonchev–Trinajstić information content (AvgIpc) is 3.52. The smallest absolute Gasteiger partial charge is 0.178 e. The number of pyridine rings is 1. The summed E-state index contributed by atoms with van der Waals surface area (Å²) < 4.78 is 36.7. The molecule has 1 N–H and O–H groups in total. The lowest BCUT2D eigenvalue weighted by molar-refractivity contribution is 0.217. The summed E-state index contributed by atoms with van der Waals surface area (Å²) in [6.45, 7) is 1.79. The topological polar surface area (TPSA) is 107 Å².